The van der Waals surface area contributed by atoms with E-state index < -0.39 is 0 Å². The summed E-state index contributed by atoms with van der Waals surface area (Å²) in [7, 11) is 3.34. The van der Waals surface area contributed by atoms with Gasteiger partial charge in [-0.05, 0) is 77.9 Å². The summed E-state index contributed by atoms with van der Waals surface area (Å²) in [6.45, 7) is 12.1. The van der Waals surface area contributed by atoms with Gasteiger partial charge in [-0.25, -0.2) is 9.78 Å². The van der Waals surface area contributed by atoms with E-state index in [9.17, 15) is 4.79 Å². The van der Waals surface area contributed by atoms with Gasteiger partial charge in [-0.15, -0.1) is 0 Å². The average molecular weight is 601 g/mol. The lowest BCUT2D eigenvalue weighted by Crippen LogP contribution is -2.31. The molecule has 43 heavy (non-hydrogen) atoms. The lowest BCUT2D eigenvalue weighted by Gasteiger charge is -2.20. The number of hydrogen-bond donors (Lipinski definition) is 2. The van der Waals surface area contributed by atoms with Crippen molar-refractivity contribution in [1.29, 1.82) is 0 Å². The smallest absolute Gasteiger partial charge is 0.319 e. The van der Waals surface area contributed by atoms with Crippen LogP contribution in [0.2, 0.25) is 0 Å². The summed E-state index contributed by atoms with van der Waals surface area (Å²) in [6, 6.07) is 22.2. The number of hydrogen-bond acceptors (Lipinski definition) is 5. The van der Waals surface area contributed by atoms with Crippen molar-refractivity contribution in [3.8, 4) is 34.0 Å². The third kappa shape index (κ3) is 7.73. The molecule has 228 valence electrons. The zero-order chi connectivity index (χ0) is 30.9. The van der Waals surface area contributed by atoms with E-state index in [0.29, 0.717) is 24.1 Å². The largest absolute Gasteiger partial charge is 0.497 e. The van der Waals surface area contributed by atoms with Crippen molar-refractivity contribution in [3.05, 3.63) is 77.9 Å². The fraction of sp³-hybridized carbons (Fsp3) is 0.371. The molecule has 0 aliphatic rings. The quantitative estimate of drug-likeness (QED) is 0.118. The number of rotatable bonds is 13. The fourth-order valence-electron chi connectivity index (χ4n) is 5.13. The van der Waals surface area contributed by atoms with Crippen LogP contribution in [-0.4, -0.2) is 42.1 Å². The minimum absolute atomic E-state index is 0.189. The summed E-state index contributed by atoms with van der Waals surface area (Å²) in [6.07, 6.45) is 0.962. The van der Waals surface area contributed by atoms with Crippen LogP contribution in [-0.2, 0) is 6.54 Å². The first kappa shape index (κ1) is 32.0. The second-order valence-electron chi connectivity index (χ2n) is 11.1. The third-order valence-corrected chi connectivity index (χ3v) is 8.32. The zero-order valence-corrected chi connectivity index (χ0v) is 27.2. The van der Waals surface area contributed by atoms with E-state index in [0.717, 1.165) is 69.0 Å². The van der Waals surface area contributed by atoms with Gasteiger partial charge in [-0.2, -0.15) is 0 Å². The Labute approximate surface area is 260 Å². The van der Waals surface area contributed by atoms with Crippen molar-refractivity contribution in [2.75, 3.05) is 31.8 Å². The molecule has 0 radical (unpaired) electrons. The van der Waals surface area contributed by atoms with Crippen LogP contribution in [0.25, 0.3) is 22.5 Å². The highest BCUT2D eigenvalue weighted by molar-refractivity contribution is 7.99. The van der Waals surface area contributed by atoms with E-state index in [1.54, 1.807) is 26.0 Å². The number of methoxy groups -OCH3 is 2. The molecule has 0 aliphatic carbocycles. The highest BCUT2D eigenvalue weighted by atomic mass is 32.2. The molecule has 2 N–H and O–H groups in total. The molecule has 3 aromatic carbocycles. The van der Waals surface area contributed by atoms with Crippen LogP contribution in [0.15, 0.2) is 71.9 Å². The van der Waals surface area contributed by atoms with Crippen LogP contribution >= 0.6 is 11.8 Å². The molecule has 2 amide bonds. The fourth-order valence-corrected chi connectivity index (χ4v) is 6.01. The van der Waals surface area contributed by atoms with E-state index in [2.05, 4.69) is 80.2 Å². The predicted molar refractivity (Wildman–Crippen MR) is 179 cm³/mol. The molecule has 1 aromatic heterocycles. The van der Waals surface area contributed by atoms with Crippen molar-refractivity contribution in [2.24, 2.45) is 0 Å². The third-order valence-electron chi connectivity index (χ3n) is 7.34. The second-order valence-corrected chi connectivity index (χ2v) is 12.1. The normalized spacial score (nSPS) is 11.2. The van der Waals surface area contributed by atoms with Gasteiger partial charge in [0, 0.05) is 35.7 Å². The van der Waals surface area contributed by atoms with Gasteiger partial charge in [0.25, 0.3) is 0 Å². The number of anilines is 1. The molecule has 0 atom stereocenters. The molecule has 4 rings (SSSR count). The van der Waals surface area contributed by atoms with Gasteiger partial charge >= 0.3 is 6.03 Å². The molecular weight excluding hydrogens is 556 g/mol. The first-order valence-corrected chi connectivity index (χ1v) is 16.0. The van der Waals surface area contributed by atoms with Gasteiger partial charge in [-0.1, -0.05) is 64.6 Å². The highest BCUT2D eigenvalue weighted by Crippen LogP contribution is 2.37. The molecule has 0 saturated heterocycles. The Morgan fingerprint density at radius 2 is 1.42 bits per heavy atom. The number of carbonyl (C=O) groups excluding carboxylic acids is 1. The van der Waals surface area contributed by atoms with E-state index in [1.807, 2.05) is 36.4 Å². The summed E-state index contributed by atoms with van der Waals surface area (Å²) in [5.74, 6) is 2.91. The van der Waals surface area contributed by atoms with Crippen molar-refractivity contribution >= 4 is 23.5 Å². The Morgan fingerprint density at radius 1 is 0.860 bits per heavy atom. The molecule has 1 heterocycles. The number of urea groups is 1. The number of nitrogens with one attached hydrogen (secondary N) is 2. The maximum absolute atomic E-state index is 13.0. The number of aromatic nitrogens is 2. The van der Waals surface area contributed by atoms with Crippen molar-refractivity contribution in [2.45, 2.75) is 64.6 Å². The molecular formula is C35H44N4O3S. The average Bonchev–Trinajstić information content (AvgIpc) is 3.37. The van der Waals surface area contributed by atoms with E-state index in [4.69, 9.17) is 14.5 Å². The van der Waals surface area contributed by atoms with Crippen LogP contribution in [0.4, 0.5) is 10.5 Å². The standard InChI is InChI=1S/C35H44N4O3S/c1-8-21-39-33(26-14-18-28(42-7)19-15-26)31(25-12-16-27(41-6)17-13-25)38-35(39)43-22-20-36-34(40)37-32-29(23(2)3)10-9-11-30(32)24(4)5/h9-19,23-24H,8,20-22H2,1-7H3,(H2,36,37,40). The molecule has 0 aliphatic heterocycles. The van der Waals surface area contributed by atoms with Gasteiger partial charge < -0.3 is 24.7 Å². The van der Waals surface area contributed by atoms with E-state index >= 15 is 0 Å². The molecule has 0 spiro atoms. The van der Waals surface area contributed by atoms with E-state index in [-0.39, 0.29) is 6.03 Å². The van der Waals surface area contributed by atoms with Crippen LogP contribution in [0.1, 0.15) is 64.0 Å². The zero-order valence-electron chi connectivity index (χ0n) is 26.4. The monoisotopic (exact) mass is 600 g/mol. The van der Waals surface area contributed by atoms with Gasteiger partial charge in [0.1, 0.15) is 11.5 Å². The SMILES string of the molecule is CCCn1c(SCCNC(=O)Nc2c(C(C)C)cccc2C(C)C)nc(-c2ccc(OC)cc2)c1-c1ccc(OC)cc1. The van der Waals surface area contributed by atoms with Gasteiger partial charge in [0.15, 0.2) is 5.16 Å². The molecule has 4 aromatic rings. The number of nitrogens with zero attached hydrogens (tertiary/aromatic N) is 2. The number of amides is 2. The number of carbonyl (C=O) groups is 1. The minimum Gasteiger partial charge on any atom is -0.497 e. The number of thioether (sulfide) groups is 1. The molecule has 8 heteroatoms. The van der Waals surface area contributed by atoms with Crippen LogP contribution in [0, 0.1) is 0 Å². The maximum Gasteiger partial charge on any atom is 0.319 e. The summed E-state index contributed by atoms with van der Waals surface area (Å²) in [5.41, 5.74) is 7.29. The highest BCUT2D eigenvalue weighted by Gasteiger charge is 2.21. The van der Waals surface area contributed by atoms with Gasteiger partial charge in [0.05, 0.1) is 25.6 Å². The number of benzene rings is 3. The number of para-hydroxylation sites is 1. The summed E-state index contributed by atoms with van der Waals surface area (Å²) in [5, 5.41) is 7.13. The Kier molecular flexibility index (Phi) is 11.2. The first-order chi connectivity index (χ1) is 20.8. The molecule has 0 saturated carbocycles. The van der Waals surface area contributed by atoms with Crippen molar-refractivity contribution in [1.82, 2.24) is 14.9 Å². The maximum atomic E-state index is 13.0. The Balaban J connectivity index is 1.55. The van der Waals surface area contributed by atoms with E-state index in [1.165, 1.54) is 0 Å². The summed E-state index contributed by atoms with van der Waals surface area (Å²) in [4.78, 5) is 18.1. The van der Waals surface area contributed by atoms with Gasteiger partial charge in [-0.3, -0.25) is 0 Å². The Bertz CT molecular complexity index is 1470. The second kappa shape index (κ2) is 15.0. The molecule has 7 nitrogen and oxygen atoms in total. The first-order valence-electron chi connectivity index (χ1n) is 15.0. The van der Waals surface area contributed by atoms with Crippen LogP contribution in [0.5, 0.6) is 11.5 Å². The number of ether oxygens (including phenoxy) is 2. The topological polar surface area (TPSA) is 77.4 Å². The molecule has 0 bridgehead atoms. The predicted octanol–water partition coefficient (Wildman–Crippen LogP) is 8.80. The summed E-state index contributed by atoms with van der Waals surface area (Å²) < 4.78 is 13.1. The molecule has 0 unspecified atom stereocenters. The minimum atomic E-state index is -0.189. The Hall–Kier alpha value is -3.91. The van der Waals surface area contributed by atoms with Gasteiger partial charge in [0.2, 0.25) is 0 Å². The Morgan fingerprint density at radius 3 is 1.93 bits per heavy atom. The lowest BCUT2D eigenvalue weighted by atomic mass is 9.93. The van der Waals surface area contributed by atoms with Crippen molar-refractivity contribution < 1.29 is 14.3 Å². The van der Waals surface area contributed by atoms with Crippen molar-refractivity contribution in [3.63, 3.8) is 0 Å². The van der Waals surface area contributed by atoms with Crippen LogP contribution < -0.4 is 20.1 Å². The lowest BCUT2D eigenvalue weighted by molar-refractivity contribution is 0.252. The number of imidazole rings is 1. The van der Waals surface area contributed by atoms with Crippen LogP contribution in [0.3, 0.4) is 0 Å². The summed E-state index contributed by atoms with van der Waals surface area (Å²) >= 11 is 1.65. The molecule has 0 fully saturated rings.